The van der Waals surface area contributed by atoms with Crippen molar-refractivity contribution in [2.45, 2.75) is 45.4 Å². The zero-order chi connectivity index (χ0) is 12.3. The van der Waals surface area contributed by atoms with Crippen molar-refractivity contribution < 1.29 is 0 Å². The van der Waals surface area contributed by atoms with Gasteiger partial charge in [0.15, 0.2) is 0 Å². The number of nitriles is 1. The first kappa shape index (κ1) is 13.1. The first-order valence-corrected chi connectivity index (χ1v) is 7.99. The molecule has 2 unspecified atom stereocenters. The van der Waals surface area contributed by atoms with Crippen molar-refractivity contribution >= 4 is 27.3 Å². The summed E-state index contributed by atoms with van der Waals surface area (Å²) in [7, 11) is 0. The van der Waals surface area contributed by atoms with Crippen molar-refractivity contribution in [3.63, 3.8) is 0 Å². The molecule has 1 aromatic heterocycles. The predicted molar refractivity (Wildman–Crippen MR) is 76.0 cm³/mol. The lowest BCUT2D eigenvalue weighted by Gasteiger charge is -2.35. The fraction of sp³-hybridized carbons (Fsp3) is 0.643. The molecule has 17 heavy (non-hydrogen) atoms. The van der Waals surface area contributed by atoms with E-state index in [1.807, 2.05) is 0 Å². The standard InChI is InChI=1S/C14H18BrNS/c1-2-11-4-3-6-14(8-11,10-16)9-13-12(15)5-7-17-13/h5,7,11H,2-4,6,8-9H2,1H3. The lowest BCUT2D eigenvalue weighted by molar-refractivity contribution is 0.195. The highest BCUT2D eigenvalue weighted by molar-refractivity contribution is 9.10. The molecule has 1 aliphatic rings. The third-order valence-electron chi connectivity index (χ3n) is 3.95. The molecule has 1 heterocycles. The van der Waals surface area contributed by atoms with Gasteiger partial charge in [-0.15, -0.1) is 11.3 Å². The van der Waals surface area contributed by atoms with E-state index in [0.29, 0.717) is 0 Å². The van der Waals surface area contributed by atoms with E-state index >= 15 is 0 Å². The maximum absolute atomic E-state index is 9.58. The predicted octanol–water partition coefficient (Wildman–Crippen LogP) is 5.16. The molecule has 0 aliphatic heterocycles. The summed E-state index contributed by atoms with van der Waals surface area (Å²) in [6, 6.07) is 4.72. The van der Waals surface area contributed by atoms with E-state index in [9.17, 15) is 5.26 Å². The van der Waals surface area contributed by atoms with Gasteiger partial charge in [-0.05, 0) is 46.1 Å². The van der Waals surface area contributed by atoms with Crippen molar-refractivity contribution in [1.82, 2.24) is 0 Å². The zero-order valence-electron chi connectivity index (χ0n) is 10.2. The molecule has 0 N–H and O–H groups in total. The van der Waals surface area contributed by atoms with E-state index in [1.165, 1.54) is 28.6 Å². The van der Waals surface area contributed by atoms with Gasteiger partial charge in [0.1, 0.15) is 0 Å². The van der Waals surface area contributed by atoms with Gasteiger partial charge in [-0.1, -0.05) is 26.2 Å². The molecule has 1 aliphatic carbocycles. The highest BCUT2D eigenvalue weighted by atomic mass is 79.9. The number of hydrogen-bond acceptors (Lipinski definition) is 2. The molecule has 1 aromatic rings. The van der Waals surface area contributed by atoms with Crippen LogP contribution in [0.5, 0.6) is 0 Å². The molecule has 0 aromatic carbocycles. The molecular weight excluding hydrogens is 294 g/mol. The van der Waals surface area contributed by atoms with Gasteiger partial charge in [-0.25, -0.2) is 0 Å². The van der Waals surface area contributed by atoms with Crippen LogP contribution in [0.25, 0.3) is 0 Å². The summed E-state index contributed by atoms with van der Waals surface area (Å²) in [6.07, 6.45) is 6.84. The van der Waals surface area contributed by atoms with Crippen LogP contribution in [0.15, 0.2) is 15.9 Å². The second-order valence-corrected chi connectivity index (χ2v) is 6.99. The third-order valence-corrected chi connectivity index (χ3v) is 5.88. The number of nitrogens with zero attached hydrogens (tertiary/aromatic N) is 1. The Kier molecular flexibility index (Phi) is 4.27. The van der Waals surface area contributed by atoms with E-state index in [1.54, 1.807) is 11.3 Å². The van der Waals surface area contributed by atoms with Crippen molar-refractivity contribution in [2.24, 2.45) is 11.3 Å². The Morgan fingerprint density at radius 2 is 2.47 bits per heavy atom. The number of hydrogen-bond donors (Lipinski definition) is 0. The summed E-state index contributed by atoms with van der Waals surface area (Å²) >= 11 is 5.35. The summed E-state index contributed by atoms with van der Waals surface area (Å²) in [4.78, 5) is 1.34. The number of thiophene rings is 1. The minimum atomic E-state index is -0.105. The minimum Gasteiger partial charge on any atom is -0.198 e. The SMILES string of the molecule is CCC1CCCC(C#N)(Cc2sccc2Br)C1. The topological polar surface area (TPSA) is 23.8 Å². The van der Waals surface area contributed by atoms with E-state index in [4.69, 9.17) is 0 Å². The molecule has 92 valence electrons. The zero-order valence-corrected chi connectivity index (χ0v) is 12.6. The Bertz CT molecular complexity index is 420. The minimum absolute atomic E-state index is 0.105. The Morgan fingerprint density at radius 1 is 1.65 bits per heavy atom. The summed E-state index contributed by atoms with van der Waals surface area (Å²) in [5.41, 5.74) is -0.105. The van der Waals surface area contributed by atoms with Crippen molar-refractivity contribution in [2.75, 3.05) is 0 Å². The highest BCUT2D eigenvalue weighted by Crippen LogP contribution is 2.44. The van der Waals surface area contributed by atoms with E-state index in [2.05, 4.69) is 40.4 Å². The average Bonchev–Trinajstić information content (AvgIpc) is 2.75. The first-order valence-electron chi connectivity index (χ1n) is 6.32. The molecule has 1 saturated carbocycles. The first-order chi connectivity index (χ1) is 8.19. The van der Waals surface area contributed by atoms with Gasteiger partial charge in [0.05, 0.1) is 11.5 Å². The maximum atomic E-state index is 9.58. The Labute approximate surface area is 116 Å². The second kappa shape index (κ2) is 5.54. The number of rotatable bonds is 3. The fourth-order valence-corrected chi connectivity index (χ4v) is 4.53. The summed E-state index contributed by atoms with van der Waals surface area (Å²) in [5.74, 6) is 0.752. The van der Waals surface area contributed by atoms with Crippen LogP contribution < -0.4 is 0 Å². The van der Waals surface area contributed by atoms with E-state index in [0.717, 1.165) is 25.2 Å². The van der Waals surface area contributed by atoms with Gasteiger partial charge < -0.3 is 0 Å². The van der Waals surface area contributed by atoms with Gasteiger partial charge in [-0.2, -0.15) is 5.26 Å². The Hall–Kier alpha value is -0.330. The fourth-order valence-electron chi connectivity index (χ4n) is 2.89. The normalized spacial score (nSPS) is 28.9. The largest absolute Gasteiger partial charge is 0.198 e. The van der Waals surface area contributed by atoms with Gasteiger partial charge in [0, 0.05) is 15.8 Å². The van der Waals surface area contributed by atoms with Crippen LogP contribution in [0, 0.1) is 22.7 Å². The molecule has 0 amide bonds. The van der Waals surface area contributed by atoms with E-state index in [-0.39, 0.29) is 5.41 Å². The highest BCUT2D eigenvalue weighted by Gasteiger charge is 2.36. The molecule has 2 rings (SSSR count). The smallest absolute Gasteiger partial charge is 0.0693 e. The summed E-state index contributed by atoms with van der Waals surface area (Å²) in [5, 5.41) is 11.7. The van der Waals surface area contributed by atoms with Crippen LogP contribution in [0.3, 0.4) is 0 Å². The lowest BCUT2D eigenvalue weighted by atomic mass is 9.68. The monoisotopic (exact) mass is 311 g/mol. The van der Waals surface area contributed by atoms with Gasteiger partial charge >= 0.3 is 0 Å². The molecule has 0 radical (unpaired) electrons. The Balaban J connectivity index is 2.15. The van der Waals surface area contributed by atoms with Crippen LogP contribution in [-0.2, 0) is 6.42 Å². The molecule has 2 atom stereocenters. The molecule has 3 heteroatoms. The average molecular weight is 312 g/mol. The number of halogens is 1. The van der Waals surface area contributed by atoms with Crippen LogP contribution in [0.1, 0.15) is 43.9 Å². The lowest BCUT2D eigenvalue weighted by Crippen LogP contribution is -2.29. The van der Waals surface area contributed by atoms with Crippen LogP contribution in [0.2, 0.25) is 0 Å². The Morgan fingerprint density at radius 3 is 3.06 bits per heavy atom. The molecule has 1 fully saturated rings. The molecule has 0 saturated heterocycles. The van der Waals surface area contributed by atoms with Gasteiger partial charge in [0.25, 0.3) is 0 Å². The van der Waals surface area contributed by atoms with Crippen LogP contribution in [0.4, 0.5) is 0 Å². The van der Waals surface area contributed by atoms with Crippen LogP contribution in [-0.4, -0.2) is 0 Å². The van der Waals surface area contributed by atoms with Crippen molar-refractivity contribution in [3.05, 3.63) is 20.8 Å². The van der Waals surface area contributed by atoms with Gasteiger partial charge in [0.2, 0.25) is 0 Å². The summed E-state index contributed by atoms with van der Waals surface area (Å²) < 4.78 is 1.18. The van der Waals surface area contributed by atoms with Crippen molar-refractivity contribution in [1.29, 1.82) is 5.26 Å². The van der Waals surface area contributed by atoms with Crippen LogP contribution >= 0.6 is 27.3 Å². The molecule has 0 bridgehead atoms. The van der Waals surface area contributed by atoms with E-state index < -0.39 is 0 Å². The molecular formula is C14H18BrNS. The van der Waals surface area contributed by atoms with Gasteiger partial charge in [-0.3, -0.25) is 0 Å². The summed E-state index contributed by atoms with van der Waals surface area (Å²) in [6.45, 7) is 2.25. The van der Waals surface area contributed by atoms with Crippen molar-refractivity contribution in [3.8, 4) is 6.07 Å². The molecule has 1 nitrogen and oxygen atoms in total. The quantitative estimate of drug-likeness (QED) is 0.756. The molecule has 0 spiro atoms. The maximum Gasteiger partial charge on any atom is 0.0693 e. The second-order valence-electron chi connectivity index (χ2n) is 5.13. The third kappa shape index (κ3) is 2.92.